The average molecular weight is 447 g/mol. The number of carbonyl (C=O) groups excluding carboxylic acids is 1. The quantitative estimate of drug-likeness (QED) is 0.575. The Balaban J connectivity index is 1.57. The zero-order valence-electron chi connectivity index (χ0n) is 17.9. The molecule has 1 aliphatic rings. The van der Waals surface area contributed by atoms with Crippen molar-refractivity contribution < 1.29 is 27.8 Å². The Morgan fingerprint density at radius 2 is 1.94 bits per heavy atom. The van der Waals surface area contributed by atoms with Crippen LogP contribution in [0.3, 0.4) is 0 Å². The highest BCUT2D eigenvalue weighted by atomic mass is 19.4. The zero-order valence-corrected chi connectivity index (χ0v) is 17.9. The summed E-state index contributed by atoms with van der Waals surface area (Å²) in [5.74, 6) is -0.115. The van der Waals surface area contributed by atoms with Crippen LogP contribution in [0.4, 0.5) is 18.9 Å². The van der Waals surface area contributed by atoms with Crippen LogP contribution in [0.1, 0.15) is 48.7 Å². The Morgan fingerprint density at radius 1 is 1.22 bits per heavy atom. The maximum atomic E-state index is 13.0. The fourth-order valence-electron chi connectivity index (χ4n) is 3.94. The van der Waals surface area contributed by atoms with Gasteiger partial charge in [-0.15, -0.1) is 0 Å². The van der Waals surface area contributed by atoms with E-state index in [1.54, 1.807) is 26.0 Å². The van der Waals surface area contributed by atoms with Crippen molar-refractivity contribution in [2.75, 3.05) is 12.4 Å². The Morgan fingerprint density at radius 3 is 2.56 bits per heavy atom. The van der Waals surface area contributed by atoms with Crippen LogP contribution in [0.25, 0.3) is 10.9 Å². The molecule has 1 heterocycles. The molecule has 0 saturated heterocycles. The molecule has 2 aromatic carbocycles. The third-order valence-electron chi connectivity index (χ3n) is 6.03. The van der Waals surface area contributed by atoms with Crippen molar-refractivity contribution >= 4 is 22.5 Å². The summed E-state index contributed by atoms with van der Waals surface area (Å²) in [7, 11) is 1.44. The molecule has 0 spiro atoms. The predicted molar refractivity (Wildman–Crippen MR) is 114 cm³/mol. The van der Waals surface area contributed by atoms with Gasteiger partial charge in [0.05, 0.1) is 35.5 Å². The number of carbonyl (C=O) groups is 1. The van der Waals surface area contributed by atoms with E-state index in [1.165, 1.54) is 19.2 Å². The van der Waals surface area contributed by atoms with Gasteiger partial charge in [-0.25, -0.2) is 0 Å². The summed E-state index contributed by atoms with van der Waals surface area (Å²) in [6.07, 6.45) is -1.05. The largest absolute Gasteiger partial charge is 0.494 e. The summed E-state index contributed by atoms with van der Waals surface area (Å²) < 4.78 is 46.1. The van der Waals surface area contributed by atoms with E-state index in [9.17, 15) is 23.1 Å². The van der Waals surface area contributed by atoms with Crippen LogP contribution in [0.15, 0.2) is 42.6 Å². The molecule has 0 bridgehead atoms. The number of halogens is 3. The Kier molecular flexibility index (Phi) is 5.40. The molecule has 0 aliphatic heterocycles. The number of hydrogen-bond donors (Lipinski definition) is 2. The molecule has 1 aliphatic carbocycles. The first-order chi connectivity index (χ1) is 15.0. The molecule has 0 radical (unpaired) electrons. The number of ether oxygens (including phenoxy) is 1. The molecule has 0 atom stereocenters. The summed E-state index contributed by atoms with van der Waals surface area (Å²) >= 11 is 0. The first-order valence-corrected chi connectivity index (χ1v) is 10.2. The molecule has 1 fully saturated rings. The lowest BCUT2D eigenvalue weighted by atomic mass is 9.71. The van der Waals surface area contributed by atoms with E-state index in [0.717, 1.165) is 30.4 Å². The van der Waals surface area contributed by atoms with Gasteiger partial charge in [-0.1, -0.05) is 6.07 Å². The van der Waals surface area contributed by atoms with Crippen molar-refractivity contribution in [3.63, 3.8) is 0 Å². The van der Waals surface area contributed by atoms with E-state index in [-0.39, 0.29) is 17.5 Å². The van der Waals surface area contributed by atoms with Crippen molar-refractivity contribution in [3.05, 3.63) is 53.7 Å². The van der Waals surface area contributed by atoms with Crippen LogP contribution in [0.2, 0.25) is 0 Å². The SMILES string of the molecule is COc1cc2nn(C3CC(C(C)(C)O)C3)cc2cc1NC(=O)c1cccc(C(F)(F)F)c1. The van der Waals surface area contributed by atoms with Crippen molar-refractivity contribution in [2.24, 2.45) is 5.92 Å². The number of alkyl halides is 3. The first kappa shape index (κ1) is 22.1. The summed E-state index contributed by atoms with van der Waals surface area (Å²) in [5, 5.41) is 18.1. The van der Waals surface area contributed by atoms with Crippen molar-refractivity contribution in [2.45, 2.75) is 44.5 Å². The second-order valence-corrected chi connectivity index (χ2v) is 8.73. The van der Waals surface area contributed by atoms with E-state index in [4.69, 9.17) is 4.74 Å². The molecule has 4 rings (SSSR count). The van der Waals surface area contributed by atoms with Crippen molar-refractivity contribution in [1.82, 2.24) is 9.78 Å². The number of aromatic nitrogens is 2. The second kappa shape index (κ2) is 7.81. The van der Waals surface area contributed by atoms with Gasteiger partial charge < -0.3 is 15.2 Å². The molecule has 2 N–H and O–H groups in total. The van der Waals surface area contributed by atoms with Gasteiger partial charge in [-0.2, -0.15) is 18.3 Å². The molecule has 170 valence electrons. The number of rotatable bonds is 5. The van der Waals surface area contributed by atoms with Gasteiger partial charge in [-0.3, -0.25) is 9.48 Å². The fraction of sp³-hybridized carbons (Fsp3) is 0.391. The Hall–Kier alpha value is -3.07. The van der Waals surface area contributed by atoms with Crippen LogP contribution in [0, 0.1) is 5.92 Å². The lowest BCUT2D eigenvalue weighted by Crippen LogP contribution is -2.41. The summed E-state index contributed by atoms with van der Waals surface area (Å²) in [4.78, 5) is 12.6. The second-order valence-electron chi connectivity index (χ2n) is 8.73. The van der Waals surface area contributed by atoms with Gasteiger partial charge in [-0.05, 0) is 56.9 Å². The van der Waals surface area contributed by atoms with Gasteiger partial charge >= 0.3 is 6.18 Å². The molecule has 1 amide bonds. The van der Waals surface area contributed by atoms with Crippen LogP contribution < -0.4 is 10.1 Å². The molecule has 9 heteroatoms. The van der Waals surface area contributed by atoms with Crippen LogP contribution in [-0.4, -0.2) is 33.5 Å². The number of nitrogens with zero attached hydrogens (tertiary/aromatic N) is 2. The van der Waals surface area contributed by atoms with Crippen molar-refractivity contribution in [3.8, 4) is 5.75 Å². The minimum absolute atomic E-state index is 0.107. The lowest BCUT2D eigenvalue weighted by molar-refractivity contribution is -0.137. The Labute approximate surface area is 183 Å². The summed E-state index contributed by atoms with van der Waals surface area (Å²) in [6.45, 7) is 3.61. The van der Waals surface area contributed by atoms with E-state index < -0.39 is 23.2 Å². The maximum Gasteiger partial charge on any atom is 0.416 e. The van der Waals surface area contributed by atoms with E-state index in [1.807, 2.05) is 10.9 Å². The predicted octanol–water partition coefficient (Wildman–Crippen LogP) is 5.04. The monoisotopic (exact) mass is 447 g/mol. The lowest BCUT2D eigenvalue weighted by Gasteiger charge is -2.42. The maximum absolute atomic E-state index is 13.0. The highest BCUT2D eigenvalue weighted by molar-refractivity contribution is 6.06. The van der Waals surface area contributed by atoms with Gasteiger partial charge in [0.15, 0.2) is 0 Å². The molecular formula is C23H24F3N3O3. The van der Waals surface area contributed by atoms with Gasteiger partial charge in [0.25, 0.3) is 5.91 Å². The van der Waals surface area contributed by atoms with Crippen LogP contribution >= 0.6 is 0 Å². The minimum atomic E-state index is -4.53. The number of methoxy groups -OCH3 is 1. The van der Waals surface area contributed by atoms with Gasteiger partial charge in [0.1, 0.15) is 5.75 Å². The first-order valence-electron chi connectivity index (χ1n) is 10.2. The summed E-state index contributed by atoms with van der Waals surface area (Å²) in [5.41, 5.74) is -0.716. The topological polar surface area (TPSA) is 76.4 Å². The highest BCUT2D eigenvalue weighted by Gasteiger charge is 2.40. The minimum Gasteiger partial charge on any atom is -0.494 e. The number of fused-ring (bicyclic) bond motifs is 1. The molecule has 6 nitrogen and oxygen atoms in total. The Bertz CT molecular complexity index is 1160. The van der Waals surface area contributed by atoms with E-state index in [2.05, 4.69) is 10.4 Å². The zero-order chi connectivity index (χ0) is 23.3. The number of aliphatic hydroxyl groups is 1. The molecule has 3 aromatic rings. The molecule has 32 heavy (non-hydrogen) atoms. The summed E-state index contributed by atoms with van der Waals surface area (Å²) in [6, 6.07) is 7.79. The van der Waals surface area contributed by atoms with E-state index >= 15 is 0 Å². The number of amides is 1. The molecular weight excluding hydrogens is 423 g/mol. The van der Waals surface area contributed by atoms with Gasteiger partial charge in [0.2, 0.25) is 0 Å². The molecule has 1 aromatic heterocycles. The highest BCUT2D eigenvalue weighted by Crippen LogP contribution is 2.44. The number of anilines is 1. The van der Waals surface area contributed by atoms with Crippen LogP contribution in [0.5, 0.6) is 5.75 Å². The standard InChI is InChI=1S/C23H24F3N3O3/c1-22(2,31)16-9-17(10-16)29-12-14-8-19(20(32-3)11-18(14)28-29)27-21(30)13-5-4-6-15(7-13)23(24,25)26/h4-8,11-12,16-17,31H,9-10H2,1-3H3,(H,27,30). The average Bonchev–Trinajstić information content (AvgIpc) is 3.06. The molecule has 1 saturated carbocycles. The normalized spacial score (nSPS) is 19.0. The molecule has 0 unspecified atom stereocenters. The number of hydrogen-bond acceptors (Lipinski definition) is 4. The third kappa shape index (κ3) is 4.29. The van der Waals surface area contributed by atoms with Gasteiger partial charge in [0, 0.05) is 23.2 Å². The fourth-order valence-corrected chi connectivity index (χ4v) is 3.94. The number of nitrogens with one attached hydrogen (secondary N) is 1. The van der Waals surface area contributed by atoms with E-state index in [0.29, 0.717) is 17.0 Å². The van der Waals surface area contributed by atoms with Crippen LogP contribution in [-0.2, 0) is 6.18 Å². The number of benzene rings is 2. The smallest absolute Gasteiger partial charge is 0.416 e. The third-order valence-corrected chi connectivity index (χ3v) is 6.03. The van der Waals surface area contributed by atoms with Crippen molar-refractivity contribution in [1.29, 1.82) is 0 Å².